The third kappa shape index (κ3) is 3.73. The molecule has 0 bridgehead atoms. The number of rotatable bonds is 5. The molecule has 0 spiro atoms. The second-order valence-electron chi connectivity index (χ2n) is 7.44. The Morgan fingerprint density at radius 3 is 2.60 bits per heavy atom. The molecular formula is C21H28FNO2. The Hall–Kier alpha value is -1.84. The van der Waals surface area contributed by atoms with Crippen LogP contribution in [0.1, 0.15) is 57.4 Å². The van der Waals surface area contributed by atoms with Gasteiger partial charge in [0, 0.05) is 25.4 Å². The highest BCUT2D eigenvalue weighted by Crippen LogP contribution is 2.39. The first-order valence-electron chi connectivity index (χ1n) is 9.42. The number of nitrogens with zero attached hydrogens (tertiary/aromatic N) is 1. The summed E-state index contributed by atoms with van der Waals surface area (Å²) in [4.78, 5) is 14.7. The summed E-state index contributed by atoms with van der Waals surface area (Å²) < 4.78 is 19.2. The summed E-state index contributed by atoms with van der Waals surface area (Å²) in [7, 11) is 0. The van der Waals surface area contributed by atoms with Crippen molar-refractivity contribution in [2.24, 2.45) is 5.92 Å². The highest BCUT2D eigenvalue weighted by molar-refractivity contribution is 5.70. The van der Waals surface area contributed by atoms with Crippen molar-refractivity contribution in [3.8, 4) is 0 Å². The molecule has 1 amide bonds. The molecule has 1 saturated carbocycles. The van der Waals surface area contributed by atoms with Gasteiger partial charge in [0.1, 0.15) is 11.4 Å². The fourth-order valence-electron chi connectivity index (χ4n) is 4.36. The molecule has 2 unspecified atom stereocenters. The van der Waals surface area contributed by atoms with E-state index in [0.717, 1.165) is 5.56 Å². The van der Waals surface area contributed by atoms with Crippen molar-refractivity contribution in [2.45, 2.75) is 63.5 Å². The van der Waals surface area contributed by atoms with Gasteiger partial charge in [-0.1, -0.05) is 37.5 Å². The number of halogens is 1. The van der Waals surface area contributed by atoms with Crippen LogP contribution in [0.15, 0.2) is 36.9 Å². The zero-order valence-electron chi connectivity index (χ0n) is 15.0. The van der Waals surface area contributed by atoms with Gasteiger partial charge in [-0.15, -0.1) is 6.58 Å². The van der Waals surface area contributed by atoms with Crippen LogP contribution in [-0.4, -0.2) is 23.6 Å². The Kier molecular flexibility index (Phi) is 5.45. The molecule has 1 heterocycles. The maximum Gasteiger partial charge on any atom is 0.410 e. The Morgan fingerprint density at radius 1 is 1.32 bits per heavy atom. The molecule has 3 nitrogen and oxygen atoms in total. The smallest absolute Gasteiger partial charge is 0.410 e. The fourth-order valence-corrected chi connectivity index (χ4v) is 4.36. The van der Waals surface area contributed by atoms with E-state index in [1.165, 1.54) is 44.2 Å². The van der Waals surface area contributed by atoms with Crippen LogP contribution >= 0.6 is 0 Å². The molecule has 1 saturated heterocycles. The molecule has 2 fully saturated rings. The fraction of sp³-hybridized carbons (Fsp3) is 0.571. The molecule has 1 aromatic carbocycles. The number of ether oxygens (including phenoxy) is 1. The van der Waals surface area contributed by atoms with Gasteiger partial charge >= 0.3 is 6.09 Å². The molecule has 1 aromatic rings. The minimum Gasteiger partial charge on any atom is -0.437 e. The molecule has 0 aromatic heterocycles. The van der Waals surface area contributed by atoms with Crippen LogP contribution in [0.4, 0.5) is 9.18 Å². The number of hydrogen-bond acceptors (Lipinski definition) is 2. The van der Waals surface area contributed by atoms with Gasteiger partial charge in [-0.3, -0.25) is 0 Å². The molecule has 4 heteroatoms. The maximum atomic E-state index is 13.3. The monoisotopic (exact) mass is 345 g/mol. The van der Waals surface area contributed by atoms with Crippen molar-refractivity contribution >= 4 is 6.09 Å². The van der Waals surface area contributed by atoms with E-state index >= 15 is 0 Å². The molecule has 0 radical (unpaired) electrons. The average Bonchev–Trinajstić information content (AvgIpc) is 2.63. The molecule has 0 N–H and O–H groups in total. The highest BCUT2D eigenvalue weighted by Gasteiger charge is 2.43. The minimum absolute atomic E-state index is 0.211. The van der Waals surface area contributed by atoms with E-state index in [1.807, 2.05) is 4.90 Å². The number of cyclic esters (lactones) is 1. The zero-order chi connectivity index (χ0) is 17.9. The summed E-state index contributed by atoms with van der Waals surface area (Å²) in [5, 5.41) is 0. The van der Waals surface area contributed by atoms with E-state index in [9.17, 15) is 9.18 Å². The van der Waals surface area contributed by atoms with Crippen LogP contribution in [0.2, 0.25) is 0 Å². The molecule has 3 rings (SSSR count). The largest absolute Gasteiger partial charge is 0.437 e. The predicted octanol–water partition coefficient (Wildman–Crippen LogP) is 5.41. The Bertz CT molecular complexity index is 609. The molecule has 136 valence electrons. The average molecular weight is 345 g/mol. The van der Waals surface area contributed by atoms with Gasteiger partial charge in [-0.2, -0.15) is 0 Å². The second-order valence-corrected chi connectivity index (χ2v) is 7.44. The van der Waals surface area contributed by atoms with Crippen LogP contribution in [0.3, 0.4) is 0 Å². The van der Waals surface area contributed by atoms with E-state index in [4.69, 9.17) is 4.74 Å². The third-order valence-electron chi connectivity index (χ3n) is 5.94. The van der Waals surface area contributed by atoms with Gasteiger partial charge in [0.2, 0.25) is 0 Å². The van der Waals surface area contributed by atoms with Crippen LogP contribution in [-0.2, 0) is 10.3 Å². The number of hydrogen-bond donors (Lipinski definition) is 0. The normalized spacial score (nSPS) is 26.2. The molecular weight excluding hydrogens is 317 g/mol. The summed E-state index contributed by atoms with van der Waals surface area (Å²) >= 11 is 0. The van der Waals surface area contributed by atoms with Gasteiger partial charge in [0.15, 0.2) is 0 Å². The van der Waals surface area contributed by atoms with Crippen molar-refractivity contribution in [3.63, 3.8) is 0 Å². The number of amides is 1. The van der Waals surface area contributed by atoms with Gasteiger partial charge in [0.05, 0.1) is 0 Å². The molecule has 2 aliphatic rings. The van der Waals surface area contributed by atoms with E-state index in [0.29, 0.717) is 25.3 Å². The Morgan fingerprint density at radius 2 is 2.00 bits per heavy atom. The van der Waals surface area contributed by atoms with Crippen LogP contribution in [0.5, 0.6) is 0 Å². The second kappa shape index (κ2) is 7.59. The Balaban J connectivity index is 1.76. The summed E-state index contributed by atoms with van der Waals surface area (Å²) in [6.07, 6.45) is 8.97. The third-order valence-corrected chi connectivity index (χ3v) is 5.94. The minimum atomic E-state index is -0.727. The van der Waals surface area contributed by atoms with Gasteiger partial charge in [0.25, 0.3) is 0 Å². The summed E-state index contributed by atoms with van der Waals surface area (Å²) in [6.45, 7) is 6.63. The first-order chi connectivity index (χ1) is 12.1. The van der Waals surface area contributed by atoms with E-state index in [-0.39, 0.29) is 18.0 Å². The van der Waals surface area contributed by atoms with Crippen molar-refractivity contribution < 1.29 is 13.9 Å². The lowest BCUT2D eigenvalue weighted by atomic mass is 9.82. The summed E-state index contributed by atoms with van der Waals surface area (Å²) in [5.74, 6) is 0.284. The van der Waals surface area contributed by atoms with Gasteiger partial charge < -0.3 is 9.64 Å². The first kappa shape index (κ1) is 18.0. The first-order valence-corrected chi connectivity index (χ1v) is 9.42. The van der Waals surface area contributed by atoms with Crippen molar-refractivity contribution in [3.05, 3.63) is 48.3 Å². The number of carbonyl (C=O) groups is 1. The van der Waals surface area contributed by atoms with E-state index < -0.39 is 5.60 Å². The van der Waals surface area contributed by atoms with Crippen LogP contribution < -0.4 is 0 Å². The summed E-state index contributed by atoms with van der Waals surface area (Å²) in [6, 6.07) is 6.48. The topological polar surface area (TPSA) is 29.5 Å². The van der Waals surface area contributed by atoms with Gasteiger partial charge in [-0.25, -0.2) is 9.18 Å². The SMILES string of the molecule is C=CCC1(c2ccc(F)cc2)CCN(C(C)C2CCCCC2)C(=O)O1. The molecule has 1 aliphatic carbocycles. The number of benzene rings is 1. The molecule has 25 heavy (non-hydrogen) atoms. The van der Waals surface area contributed by atoms with E-state index in [1.54, 1.807) is 18.2 Å². The van der Waals surface area contributed by atoms with Crippen molar-refractivity contribution in [1.29, 1.82) is 0 Å². The molecule has 1 aliphatic heterocycles. The number of carbonyl (C=O) groups excluding carboxylic acids is 1. The van der Waals surface area contributed by atoms with Crippen molar-refractivity contribution in [2.75, 3.05) is 6.54 Å². The van der Waals surface area contributed by atoms with Crippen molar-refractivity contribution in [1.82, 2.24) is 4.90 Å². The quantitative estimate of drug-likeness (QED) is 0.668. The predicted molar refractivity (Wildman–Crippen MR) is 96.7 cm³/mol. The van der Waals surface area contributed by atoms with Gasteiger partial charge in [-0.05, 0) is 43.4 Å². The highest BCUT2D eigenvalue weighted by atomic mass is 19.1. The Labute approximate surface area is 149 Å². The van der Waals surface area contributed by atoms with Crippen LogP contribution in [0.25, 0.3) is 0 Å². The lowest BCUT2D eigenvalue weighted by molar-refractivity contribution is -0.0646. The van der Waals surface area contributed by atoms with Crippen LogP contribution in [0, 0.1) is 11.7 Å². The lowest BCUT2D eigenvalue weighted by Crippen LogP contribution is -2.52. The summed E-state index contributed by atoms with van der Waals surface area (Å²) in [5.41, 5.74) is 0.113. The zero-order valence-corrected chi connectivity index (χ0v) is 15.0. The van der Waals surface area contributed by atoms with E-state index in [2.05, 4.69) is 13.5 Å². The molecule has 2 atom stereocenters. The standard InChI is InChI=1S/C21H28FNO2/c1-3-13-21(18-9-11-19(22)12-10-18)14-15-23(20(24)25-21)16(2)17-7-5-4-6-8-17/h3,9-12,16-17H,1,4-8,13-15H2,2H3. The maximum absolute atomic E-state index is 13.3. The lowest BCUT2D eigenvalue weighted by Gasteiger charge is -2.45.